The molecule has 0 saturated heterocycles. The van der Waals surface area contributed by atoms with Crippen molar-refractivity contribution in [2.45, 2.75) is 38.8 Å². The number of carbonyl (C=O) groups excluding carboxylic acids is 1. The van der Waals surface area contributed by atoms with Gasteiger partial charge >= 0.3 is 6.61 Å². The third-order valence-electron chi connectivity index (χ3n) is 3.47. The molecule has 1 amide bonds. The highest BCUT2D eigenvalue weighted by Crippen LogP contribution is 2.22. The molecule has 20 heavy (non-hydrogen) atoms. The van der Waals surface area contributed by atoms with Gasteiger partial charge in [-0.1, -0.05) is 26.0 Å². The van der Waals surface area contributed by atoms with Crippen LogP contribution in [0.5, 0.6) is 5.75 Å². The van der Waals surface area contributed by atoms with Crippen molar-refractivity contribution >= 4 is 5.91 Å². The lowest BCUT2D eigenvalue weighted by atomic mass is 9.92. The van der Waals surface area contributed by atoms with E-state index in [2.05, 4.69) is 10.1 Å². The molecule has 0 radical (unpaired) electrons. The molecule has 6 heteroatoms. The molecule has 1 aromatic carbocycles. The minimum atomic E-state index is -2.97. The van der Waals surface area contributed by atoms with Crippen LogP contribution in [0.25, 0.3) is 0 Å². The topological polar surface area (TPSA) is 64.3 Å². The van der Waals surface area contributed by atoms with Gasteiger partial charge in [-0.15, -0.1) is 0 Å². The minimum Gasteiger partial charge on any atom is -0.434 e. The quantitative estimate of drug-likeness (QED) is 0.809. The van der Waals surface area contributed by atoms with E-state index < -0.39 is 18.1 Å². The number of hydrogen-bond donors (Lipinski definition) is 2. The second-order valence-electron chi connectivity index (χ2n) is 4.52. The smallest absolute Gasteiger partial charge is 0.387 e. The second-order valence-corrected chi connectivity index (χ2v) is 4.52. The minimum absolute atomic E-state index is 0.0764. The maximum Gasteiger partial charge on any atom is 0.387 e. The Morgan fingerprint density at radius 2 is 1.95 bits per heavy atom. The number of rotatable bonds is 7. The Hall–Kier alpha value is -1.69. The lowest BCUT2D eigenvalue weighted by molar-refractivity contribution is -0.0501. The van der Waals surface area contributed by atoms with Crippen LogP contribution in [0.4, 0.5) is 8.78 Å². The Labute approximate surface area is 117 Å². The molecule has 0 aliphatic carbocycles. The molecule has 0 atom stereocenters. The number of benzene rings is 1. The molecule has 0 bridgehead atoms. The fourth-order valence-corrected chi connectivity index (χ4v) is 1.93. The summed E-state index contributed by atoms with van der Waals surface area (Å²) in [5, 5.41) is 2.82. The maximum atomic E-state index is 12.3. The summed E-state index contributed by atoms with van der Waals surface area (Å²) in [6.07, 6.45) is 1.31. The molecular formula is C14H20F2N2O2. The van der Waals surface area contributed by atoms with Gasteiger partial charge in [-0.3, -0.25) is 4.79 Å². The Balaban J connectivity index is 2.97. The molecule has 112 valence electrons. The van der Waals surface area contributed by atoms with Crippen molar-refractivity contribution in [2.75, 3.05) is 6.54 Å². The molecule has 0 saturated carbocycles. The molecule has 0 aliphatic rings. The van der Waals surface area contributed by atoms with E-state index in [1.807, 2.05) is 13.8 Å². The first-order valence-electron chi connectivity index (χ1n) is 6.54. The van der Waals surface area contributed by atoms with Gasteiger partial charge in [0.15, 0.2) is 0 Å². The van der Waals surface area contributed by atoms with Crippen LogP contribution in [0.3, 0.4) is 0 Å². The molecule has 0 aromatic heterocycles. The molecule has 3 N–H and O–H groups in total. The van der Waals surface area contributed by atoms with Crippen LogP contribution in [-0.2, 0) is 0 Å². The zero-order chi connectivity index (χ0) is 15.2. The van der Waals surface area contributed by atoms with Crippen LogP contribution in [0, 0.1) is 0 Å². The summed E-state index contributed by atoms with van der Waals surface area (Å²) >= 11 is 0. The van der Waals surface area contributed by atoms with Crippen LogP contribution >= 0.6 is 0 Å². The number of para-hydroxylation sites is 1. The van der Waals surface area contributed by atoms with Crippen LogP contribution < -0.4 is 15.8 Å². The summed E-state index contributed by atoms with van der Waals surface area (Å²) in [6.45, 7) is 1.14. The van der Waals surface area contributed by atoms with E-state index in [0.29, 0.717) is 12.8 Å². The lowest BCUT2D eigenvalue weighted by Crippen LogP contribution is -2.52. The van der Waals surface area contributed by atoms with E-state index in [0.717, 1.165) is 0 Å². The molecule has 0 unspecified atom stereocenters. The first kappa shape index (κ1) is 16.4. The second kappa shape index (κ2) is 7.19. The Morgan fingerprint density at radius 3 is 2.45 bits per heavy atom. The number of hydrogen-bond acceptors (Lipinski definition) is 3. The van der Waals surface area contributed by atoms with E-state index >= 15 is 0 Å². The van der Waals surface area contributed by atoms with E-state index in [9.17, 15) is 13.6 Å². The number of amides is 1. The van der Waals surface area contributed by atoms with Gasteiger partial charge in [-0.2, -0.15) is 8.78 Å². The Morgan fingerprint density at radius 1 is 1.35 bits per heavy atom. The molecule has 0 aliphatic heterocycles. The molecule has 0 spiro atoms. The van der Waals surface area contributed by atoms with Crippen molar-refractivity contribution in [3.05, 3.63) is 29.8 Å². The summed E-state index contributed by atoms with van der Waals surface area (Å²) in [6, 6.07) is 5.91. The van der Waals surface area contributed by atoms with Gasteiger partial charge in [0.05, 0.1) is 11.1 Å². The predicted octanol–water partition coefficient (Wildman–Crippen LogP) is 2.54. The Bertz CT molecular complexity index is 440. The van der Waals surface area contributed by atoms with Gasteiger partial charge in [-0.25, -0.2) is 0 Å². The third kappa shape index (κ3) is 3.90. The SMILES string of the molecule is CCC(CC)(CN)NC(=O)c1ccccc1OC(F)F. The summed E-state index contributed by atoms with van der Waals surface area (Å²) in [5.74, 6) is -0.603. The molecule has 4 nitrogen and oxygen atoms in total. The summed E-state index contributed by atoms with van der Waals surface area (Å²) in [7, 11) is 0. The van der Waals surface area contributed by atoms with Crippen LogP contribution in [0.1, 0.15) is 37.0 Å². The molecular weight excluding hydrogens is 266 g/mol. The number of halogens is 2. The maximum absolute atomic E-state index is 12.3. The van der Waals surface area contributed by atoms with Crippen molar-refractivity contribution in [1.82, 2.24) is 5.32 Å². The van der Waals surface area contributed by atoms with Crippen LogP contribution in [0.2, 0.25) is 0 Å². The standard InChI is InChI=1S/C14H20F2N2O2/c1-3-14(4-2,9-17)18-12(19)10-7-5-6-8-11(10)20-13(15)16/h5-8,13H,3-4,9,17H2,1-2H3,(H,18,19). The lowest BCUT2D eigenvalue weighted by Gasteiger charge is -2.31. The van der Waals surface area contributed by atoms with Gasteiger partial charge in [0.1, 0.15) is 5.75 Å². The highest BCUT2D eigenvalue weighted by molar-refractivity contribution is 5.97. The number of ether oxygens (including phenoxy) is 1. The Kier molecular flexibility index (Phi) is 5.88. The summed E-state index contributed by atoms with van der Waals surface area (Å²) in [4.78, 5) is 12.2. The van der Waals surface area contributed by atoms with Gasteiger partial charge in [-0.05, 0) is 25.0 Å². The average Bonchev–Trinajstić information content (AvgIpc) is 2.44. The third-order valence-corrected chi connectivity index (χ3v) is 3.47. The number of alkyl halides is 2. The van der Waals surface area contributed by atoms with Crippen molar-refractivity contribution in [2.24, 2.45) is 5.73 Å². The molecule has 0 fully saturated rings. The van der Waals surface area contributed by atoms with Crippen molar-refractivity contribution in [1.29, 1.82) is 0 Å². The van der Waals surface area contributed by atoms with Gasteiger partial charge in [0.2, 0.25) is 0 Å². The van der Waals surface area contributed by atoms with Gasteiger partial charge in [0, 0.05) is 6.54 Å². The average molecular weight is 286 g/mol. The van der Waals surface area contributed by atoms with Crippen LogP contribution in [0.15, 0.2) is 24.3 Å². The zero-order valence-corrected chi connectivity index (χ0v) is 11.7. The van der Waals surface area contributed by atoms with Crippen molar-refractivity contribution in [3.8, 4) is 5.75 Å². The predicted molar refractivity (Wildman–Crippen MR) is 72.9 cm³/mol. The fourth-order valence-electron chi connectivity index (χ4n) is 1.93. The van der Waals surface area contributed by atoms with E-state index in [1.165, 1.54) is 18.2 Å². The zero-order valence-electron chi connectivity index (χ0n) is 11.7. The van der Waals surface area contributed by atoms with Crippen molar-refractivity contribution in [3.63, 3.8) is 0 Å². The largest absolute Gasteiger partial charge is 0.434 e. The number of nitrogens with one attached hydrogen (secondary N) is 1. The van der Waals surface area contributed by atoms with Crippen LogP contribution in [-0.4, -0.2) is 24.6 Å². The summed E-state index contributed by atoms with van der Waals surface area (Å²) in [5.41, 5.74) is 5.25. The normalized spacial score (nSPS) is 11.5. The number of nitrogens with two attached hydrogens (primary N) is 1. The van der Waals surface area contributed by atoms with E-state index in [-0.39, 0.29) is 17.9 Å². The van der Waals surface area contributed by atoms with E-state index in [4.69, 9.17) is 5.73 Å². The van der Waals surface area contributed by atoms with E-state index in [1.54, 1.807) is 6.07 Å². The van der Waals surface area contributed by atoms with Crippen molar-refractivity contribution < 1.29 is 18.3 Å². The molecule has 1 rings (SSSR count). The van der Waals surface area contributed by atoms with Gasteiger partial charge < -0.3 is 15.8 Å². The molecule has 1 aromatic rings. The highest BCUT2D eigenvalue weighted by atomic mass is 19.3. The molecule has 0 heterocycles. The number of carbonyl (C=O) groups is 1. The first-order chi connectivity index (χ1) is 9.48. The highest BCUT2D eigenvalue weighted by Gasteiger charge is 2.28. The fraction of sp³-hybridized carbons (Fsp3) is 0.500. The summed E-state index contributed by atoms with van der Waals surface area (Å²) < 4.78 is 29.0. The first-order valence-corrected chi connectivity index (χ1v) is 6.54. The van der Waals surface area contributed by atoms with Gasteiger partial charge in [0.25, 0.3) is 5.91 Å². The monoisotopic (exact) mass is 286 g/mol.